The highest BCUT2D eigenvalue weighted by atomic mass is 35.5. The molecule has 2 aliphatic rings. The van der Waals surface area contributed by atoms with E-state index < -0.39 is 10.0 Å². The van der Waals surface area contributed by atoms with Crippen LogP contribution in [0.5, 0.6) is 0 Å². The third-order valence-electron chi connectivity index (χ3n) is 5.64. The molecule has 0 bridgehead atoms. The molecule has 2 aromatic carbocycles. The minimum absolute atomic E-state index is 0.00700. The second kappa shape index (κ2) is 7.63. The van der Waals surface area contributed by atoms with Crippen LogP contribution in [0.25, 0.3) is 0 Å². The Bertz CT molecular complexity index is 1030. The molecule has 1 amide bonds. The van der Waals surface area contributed by atoms with Crippen LogP contribution in [0.15, 0.2) is 47.4 Å². The van der Waals surface area contributed by atoms with Gasteiger partial charge in [0.25, 0.3) is 15.9 Å². The number of hydrogen-bond donors (Lipinski definition) is 0. The highest BCUT2D eigenvalue weighted by Gasteiger charge is 2.36. The number of benzene rings is 2. The molecule has 0 unspecified atom stereocenters. The lowest BCUT2D eigenvalue weighted by Gasteiger charge is -2.32. The summed E-state index contributed by atoms with van der Waals surface area (Å²) in [4.78, 5) is 17.2. The van der Waals surface area contributed by atoms with Gasteiger partial charge in [0.1, 0.15) is 0 Å². The summed E-state index contributed by atoms with van der Waals surface area (Å²) in [6.07, 6.45) is 0.575. The van der Waals surface area contributed by atoms with E-state index in [1.54, 1.807) is 24.3 Å². The number of carbonyl (C=O) groups excluding carboxylic acids is 1. The van der Waals surface area contributed by atoms with Crippen molar-refractivity contribution in [2.75, 3.05) is 37.5 Å². The Balaban J connectivity index is 1.63. The molecule has 1 saturated heterocycles. The van der Waals surface area contributed by atoms with E-state index in [-0.39, 0.29) is 16.8 Å². The van der Waals surface area contributed by atoms with E-state index in [9.17, 15) is 13.2 Å². The molecular weight excluding hydrogens is 410 g/mol. The summed E-state index contributed by atoms with van der Waals surface area (Å²) in [5.74, 6) is 0.00700. The maximum atomic E-state index is 13.2. The average Bonchev–Trinajstić information content (AvgIpc) is 3.04. The molecule has 8 heteroatoms. The van der Waals surface area contributed by atoms with E-state index in [0.29, 0.717) is 35.8 Å². The molecule has 0 aromatic heterocycles. The van der Waals surface area contributed by atoms with Crippen LogP contribution in [-0.4, -0.2) is 63.4 Å². The van der Waals surface area contributed by atoms with Crippen LogP contribution in [0, 0.1) is 0 Å². The van der Waals surface area contributed by atoms with Crippen molar-refractivity contribution >= 4 is 33.2 Å². The van der Waals surface area contributed by atoms with E-state index in [1.165, 1.54) is 16.4 Å². The summed E-state index contributed by atoms with van der Waals surface area (Å²) in [6.45, 7) is 5.02. The Kier molecular flexibility index (Phi) is 5.31. The molecule has 4 rings (SSSR count). The Morgan fingerprint density at radius 1 is 1.03 bits per heavy atom. The van der Waals surface area contributed by atoms with Crippen LogP contribution in [0.3, 0.4) is 0 Å². The Hall–Kier alpha value is -2.09. The van der Waals surface area contributed by atoms with Crippen LogP contribution in [0.2, 0.25) is 5.02 Å². The van der Waals surface area contributed by atoms with Crippen LogP contribution >= 0.6 is 11.6 Å². The molecule has 2 aromatic rings. The SMILES string of the molecule is C[C@H]1Cc2cc(C(=O)N3CCN(C)CC3)ccc2N1S(=O)(=O)c1ccc(Cl)cc1. The number of likely N-dealkylation sites (N-methyl/N-ethyl adjacent to an activating group) is 1. The first-order valence-electron chi connectivity index (χ1n) is 9.68. The maximum absolute atomic E-state index is 13.2. The molecule has 0 saturated carbocycles. The van der Waals surface area contributed by atoms with Gasteiger partial charge in [-0.3, -0.25) is 9.10 Å². The van der Waals surface area contributed by atoms with Gasteiger partial charge in [-0.25, -0.2) is 8.42 Å². The van der Waals surface area contributed by atoms with E-state index in [0.717, 1.165) is 18.7 Å². The predicted octanol–water partition coefficient (Wildman–Crippen LogP) is 2.87. The summed E-state index contributed by atoms with van der Waals surface area (Å²) < 4.78 is 27.9. The molecule has 2 aliphatic heterocycles. The highest BCUT2D eigenvalue weighted by Crippen LogP contribution is 2.37. The number of nitrogens with zero attached hydrogens (tertiary/aromatic N) is 3. The maximum Gasteiger partial charge on any atom is 0.264 e. The van der Waals surface area contributed by atoms with Crippen LogP contribution in [0.4, 0.5) is 5.69 Å². The van der Waals surface area contributed by atoms with E-state index in [2.05, 4.69) is 4.90 Å². The van der Waals surface area contributed by atoms with E-state index in [1.807, 2.05) is 24.9 Å². The quantitative estimate of drug-likeness (QED) is 0.746. The Morgan fingerprint density at radius 3 is 2.34 bits per heavy atom. The summed E-state index contributed by atoms with van der Waals surface area (Å²) in [5, 5.41) is 0.492. The van der Waals surface area contributed by atoms with Gasteiger partial charge < -0.3 is 9.80 Å². The van der Waals surface area contributed by atoms with Crippen molar-refractivity contribution in [1.29, 1.82) is 0 Å². The third kappa shape index (κ3) is 3.74. The van der Waals surface area contributed by atoms with E-state index >= 15 is 0 Å². The molecule has 0 aliphatic carbocycles. The topological polar surface area (TPSA) is 60.9 Å². The van der Waals surface area contributed by atoms with Gasteiger partial charge in [-0.2, -0.15) is 0 Å². The standard InChI is InChI=1S/C21H24ClN3O3S/c1-15-13-17-14-16(21(26)24-11-9-23(2)10-12-24)3-8-20(17)25(15)29(27,28)19-6-4-18(22)5-7-19/h3-8,14-15H,9-13H2,1-2H3/t15-/m0/s1. The van der Waals surface area contributed by atoms with Gasteiger partial charge in [-0.05, 0) is 68.4 Å². The van der Waals surface area contributed by atoms with Gasteiger partial charge in [0.15, 0.2) is 0 Å². The number of anilines is 1. The molecule has 1 fully saturated rings. The number of halogens is 1. The van der Waals surface area contributed by atoms with Crippen molar-refractivity contribution in [2.45, 2.75) is 24.3 Å². The second-order valence-electron chi connectivity index (χ2n) is 7.75. The molecule has 29 heavy (non-hydrogen) atoms. The summed E-state index contributed by atoms with van der Waals surface area (Å²) >= 11 is 5.90. The fraction of sp³-hybridized carbons (Fsp3) is 0.381. The number of piperazine rings is 1. The molecule has 0 spiro atoms. The molecule has 0 N–H and O–H groups in total. The van der Waals surface area contributed by atoms with Gasteiger partial charge in [-0.15, -0.1) is 0 Å². The fourth-order valence-electron chi connectivity index (χ4n) is 4.01. The lowest BCUT2D eigenvalue weighted by molar-refractivity contribution is 0.0664. The molecule has 2 heterocycles. The summed E-state index contributed by atoms with van der Waals surface area (Å²) in [6, 6.07) is 11.3. The smallest absolute Gasteiger partial charge is 0.264 e. The van der Waals surface area contributed by atoms with Gasteiger partial charge in [0.2, 0.25) is 0 Å². The van der Waals surface area contributed by atoms with Gasteiger partial charge >= 0.3 is 0 Å². The summed E-state index contributed by atoms with van der Waals surface area (Å²) in [7, 11) is -1.65. The number of rotatable bonds is 3. The zero-order valence-corrected chi connectivity index (χ0v) is 18.1. The highest BCUT2D eigenvalue weighted by molar-refractivity contribution is 7.92. The largest absolute Gasteiger partial charge is 0.336 e. The van der Waals surface area contributed by atoms with Crippen molar-refractivity contribution in [3.05, 3.63) is 58.6 Å². The first-order chi connectivity index (χ1) is 13.8. The van der Waals surface area contributed by atoms with Crippen molar-refractivity contribution < 1.29 is 13.2 Å². The molecule has 6 nitrogen and oxygen atoms in total. The molecular formula is C21H24ClN3O3S. The number of amides is 1. The van der Waals surface area contributed by atoms with Crippen molar-refractivity contribution in [1.82, 2.24) is 9.80 Å². The minimum Gasteiger partial charge on any atom is -0.336 e. The fourth-order valence-corrected chi connectivity index (χ4v) is 5.83. The van der Waals surface area contributed by atoms with Gasteiger partial charge in [0.05, 0.1) is 10.6 Å². The monoisotopic (exact) mass is 433 g/mol. The number of sulfonamides is 1. The average molecular weight is 434 g/mol. The van der Waals surface area contributed by atoms with Crippen molar-refractivity contribution in [3.63, 3.8) is 0 Å². The Morgan fingerprint density at radius 2 is 1.69 bits per heavy atom. The van der Waals surface area contributed by atoms with Gasteiger partial charge in [-0.1, -0.05) is 11.6 Å². The second-order valence-corrected chi connectivity index (χ2v) is 10.00. The Labute approximate surface area is 176 Å². The number of carbonyl (C=O) groups is 1. The zero-order chi connectivity index (χ0) is 20.8. The van der Waals surface area contributed by atoms with Crippen molar-refractivity contribution in [3.8, 4) is 0 Å². The number of hydrogen-bond acceptors (Lipinski definition) is 4. The lowest BCUT2D eigenvalue weighted by Crippen LogP contribution is -2.47. The van der Waals surface area contributed by atoms with Crippen LogP contribution in [0.1, 0.15) is 22.8 Å². The first kappa shape index (κ1) is 20.2. The molecule has 1 atom stereocenters. The zero-order valence-electron chi connectivity index (χ0n) is 16.5. The molecule has 0 radical (unpaired) electrons. The van der Waals surface area contributed by atoms with Crippen LogP contribution < -0.4 is 4.31 Å². The van der Waals surface area contributed by atoms with E-state index in [4.69, 9.17) is 11.6 Å². The van der Waals surface area contributed by atoms with Gasteiger partial charge in [0, 0.05) is 42.8 Å². The summed E-state index contributed by atoms with van der Waals surface area (Å²) in [5.41, 5.74) is 2.14. The predicted molar refractivity (Wildman–Crippen MR) is 114 cm³/mol. The number of fused-ring (bicyclic) bond motifs is 1. The third-order valence-corrected chi connectivity index (χ3v) is 7.83. The normalized spacial score (nSPS) is 20.0. The lowest BCUT2D eigenvalue weighted by atomic mass is 10.1. The van der Waals surface area contributed by atoms with Crippen molar-refractivity contribution in [2.24, 2.45) is 0 Å². The van der Waals surface area contributed by atoms with Crippen LogP contribution in [-0.2, 0) is 16.4 Å². The minimum atomic E-state index is -3.70. The molecule has 154 valence electrons. The first-order valence-corrected chi connectivity index (χ1v) is 11.5.